The number of hydrogen-bond acceptors (Lipinski definition) is 8. The summed E-state index contributed by atoms with van der Waals surface area (Å²) in [5, 5.41) is 8.61. The molecule has 1 saturated heterocycles. The number of likely N-dealkylation sites (N-methyl/N-ethyl adjacent to an activating group) is 1. The number of ether oxygens (including phenoxy) is 1. The minimum Gasteiger partial charge on any atom is -0.496 e. The molecule has 1 fully saturated rings. The van der Waals surface area contributed by atoms with Crippen LogP contribution in [-0.2, 0) is 11.3 Å². The summed E-state index contributed by atoms with van der Waals surface area (Å²) in [4.78, 5) is 38.2. The van der Waals surface area contributed by atoms with E-state index in [1.165, 1.54) is 6.33 Å². The van der Waals surface area contributed by atoms with E-state index in [0.717, 1.165) is 24.0 Å². The Labute approximate surface area is 245 Å². The summed E-state index contributed by atoms with van der Waals surface area (Å²) in [6.07, 6.45) is 6.72. The second-order valence-corrected chi connectivity index (χ2v) is 10.6. The summed E-state index contributed by atoms with van der Waals surface area (Å²) < 4.78 is 7.20. The Morgan fingerprint density at radius 1 is 1.14 bits per heavy atom. The van der Waals surface area contributed by atoms with Crippen LogP contribution >= 0.6 is 0 Å². The topological polar surface area (TPSA) is 132 Å². The zero-order valence-corrected chi connectivity index (χ0v) is 24.2. The minimum absolute atomic E-state index is 0.000706. The number of amides is 2. The van der Waals surface area contributed by atoms with Crippen molar-refractivity contribution in [1.82, 2.24) is 34.9 Å². The molecular formula is C31H36N8O3. The van der Waals surface area contributed by atoms with Gasteiger partial charge >= 0.3 is 0 Å². The van der Waals surface area contributed by atoms with E-state index in [1.54, 1.807) is 31.4 Å². The van der Waals surface area contributed by atoms with E-state index in [1.807, 2.05) is 65.0 Å². The van der Waals surface area contributed by atoms with E-state index in [-0.39, 0.29) is 17.9 Å². The van der Waals surface area contributed by atoms with Crippen LogP contribution in [0.1, 0.15) is 34.8 Å². The number of hydrogen-bond donors (Lipinski definition) is 2. The highest BCUT2D eigenvalue weighted by atomic mass is 16.5. The van der Waals surface area contributed by atoms with Crippen LogP contribution in [0.15, 0.2) is 67.0 Å². The Bertz CT molecular complexity index is 1600. The maximum Gasteiger partial charge on any atom is 0.255 e. The van der Waals surface area contributed by atoms with Crippen molar-refractivity contribution in [2.24, 2.45) is 0 Å². The van der Waals surface area contributed by atoms with Crippen LogP contribution in [0.2, 0.25) is 0 Å². The normalized spacial score (nSPS) is 15.4. The van der Waals surface area contributed by atoms with E-state index in [4.69, 9.17) is 15.6 Å². The lowest BCUT2D eigenvalue weighted by atomic mass is 10.1. The monoisotopic (exact) mass is 568 g/mol. The number of nitrogen functional groups attached to an aromatic ring is 1. The number of likely N-dealkylation sites (tertiary alicyclic amines) is 1. The third-order valence-corrected chi connectivity index (χ3v) is 7.34. The molecule has 1 aliphatic rings. The van der Waals surface area contributed by atoms with Crippen LogP contribution in [0.5, 0.6) is 5.75 Å². The van der Waals surface area contributed by atoms with Gasteiger partial charge in [-0.2, -0.15) is 5.10 Å². The van der Waals surface area contributed by atoms with Gasteiger partial charge < -0.3 is 25.6 Å². The first-order valence-corrected chi connectivity index (χ1v) is 13.9. The molecule has 3 N–H and O–H groups in total. The molecule has 11 heteroatoms. The third kappa shape index (κ3) is 6.26. The summed E-state index contributed by atoms with van der Waals surface area (Å²) in [6.45, 7) is 2.31. The number of carbonyl (C=O) groups excluding carboxylic acids is 2. The molecule has 2 aromatic carbocycles. The Kier molecular flexibility index (Phi) is 8.77. The van der Waals surface area contributed by atoms with Gasteiger partial charge in [-0.3, -0.25) is 9.59 Å². The Hall–Kier alpha value is -4.77. The zero-order valence-electron chi connectivity index (χ0n) is 24.2. The number of nitrogens with zero attached hydrogens (tertiary/aromatic N) is 6. The SMILES string of the molecule is COc1ccccc1C(=O)NCc1ccc(-c2nn(C3CCCN(C(=O)/C=C/CN(C)C)C3)c3ncnc(N)c23)cc1. The van der Waals surface area contributed by atoms with Gasteiger partial charge in [0, 0.05) is 37.8 Å². The maximum atomic E-state index is 12.9. The molecule has 0 saturated carbocycles. The van der Waals surface area contributed by atoms with Gasteiger partial charge in [-0.25, -0.2) is 14.6 Å². The predicted molar refractivity (Wildman–Crippen MR) is 162 cm³/mol. The number of rotatable bonds is 9. The molecule has 1 unspecified atom stereocenters. The number of fused-ring (bicyclic) bond motifs is 1. The van der Waals surface area contributed by atoms with Gasteiger partial charge in [0.2, 0.25) is 5.91 Å². The number of para-hydroxylation sites is 1. The fourth-order valence-corrected chi connectivity index (χ4v) is 5.17. The predicted octanol–water partition coefficient (Wildman–Crippen LogP) is 3.30. The molecule has 0 bridgehead atoms. The molecule has 2 amide bonds. The van der Waals surface area contributed by atoms with Gasteiger partial charge in [0.05, 0.1) is 24.1 Å². The summed E-state index contributed by atoms with van der Waals surface area (Å²) in [7, 11) is 5.48. The molecule has 2 aromatic heterocycles. The van der Waals surface area contributed by atoms with E-state index < -0.39 is 0 Å². The van der Waals surface area contributed by atoms with Crippen molar-refractivity contribution in [3.63, 3.8) is 0 Å². The molecule has 5 rings (SSSR count). The fraction of sp³-hybridized carbons (Fsp3) is 0.323. The Morgan fingerprint density at radius 3 is 2.69 bits per heavy atom. The minimum atomic E-state index is -0.209. The molecule has 0 radical (unpaired) electrons. The number of nitrogens with one attached hydrogen (secondary N) is 1. The van der Waals surface area contributed by atoms with Gasteiger partial charge in [0.25, 0.3) is 5.91 Å². The number of carbonyl (C=O) groups is 2. The van der Waals surface area contributed by atoms with Crippen LogP contribution in [0.4, 0.5) is 5.82 Å². The van der Waals surface area contributed by atoms with Crippen LogP contribution in [0.25, 0.3) is 22.3 Å². The van der Waals surface area contributed by atoms with Crippen molar-refractivity contribution >= 4 is 28.7 Å². The number of benzene rings is 2. The van der Waals surface area contributed by atoms with Gasteiger partial charge in [0.1, 0.15) is 23.6 Å². The molecule has 4 aromatic rings. The highest BCUT2D eigenvalue weighted by Crippen LogP contribution is 2.34. The lowest BCUT2D eigenvalue weighted by Crippen LogP contribution is -2.40. The summed E-state index contributed by atoms with van der Waals surface area (Å²) >= 11 is 0. The molecular weight excluding hydrogens is 532 g/mol. The highest BCUT2D eigenvalue weighted by molar-refractivity contribution is 5.98. The van der Waals surface area contributed by atoms with E-state index >= 15 is 0 Å². The average molecular weight is 569 g/mol. The summed E-state index contributed by atoms with van der Waals surface area (Å²) in [5.74, 6) is 0.670. The second kappa shape index (κ2) is 12.8. The second-order valence-electron chi connectivity index (χ2n) is 10.6. The third-order valence-electron chi connectivity index (χ3n) is 7.34. The van der Waals surface area contributed by atoms with E-state index in [9.17, 15) is 9.59 Å². The molecule has 218 valence electrons. The largest absolute Gasteiger partial charge is 0.496 e. The summed E-state index contributed by atoms with van der Waals surface area (Å²) in [5.41, 5.74) is 9.94. The van der Waals surface area contributed by atoms with Gasteiger partial charge in [-0.05, 0) is 44.6 Å². The van der Waals surface area contributed by atoms with Gasteiger partial charge in [0.15, 0.2) is 5.65 Å². The standard InChI is InChI=1S/C31H36N8O3/c1-37(2)16-7-11-26(40)38-17-6-8-23(19-38)39-30-27(29(32)34-20-35-30)28(36-39)22-14-12-21(13-15-22)18-33-31(41)24-9-4-5-10-25(24)42-3/h4-5,7,9-15,20,23H,6,8,16-19H2,1-3H3,(H,33,41)(H2,32,34,35)/b11-7+. The average Bonchev–Trinajstić information content (AvgIpc) is 3.41. The van der Waals surface area contributed by atoms with Crippen LogP contribution in [-0.4, -0.2) is 82.2 Å². The molecule has 1 aliphatic heterocycles. The molecule has 3 heterocycles. The van der Waals surface area contributed by atoms with Crippen molar-refractivity contribution in [3.8, 4) is 17.0 Å². The zero-order chi connectivity index (χ0) is 29.6. The van der Waals surface area contributed by atoms with Crippen molar-refractivity contribution in [3.05, 3.63) is 78.1 Å². The first-order chi connectivity index (χ1) is 20.4. The van der Waals surface area contributed by atoms with Crippen molar-refractivity contribution in [2.45, 2.75) is 25.4 Å². The van der Waals surface area contributed by atoms with Crippen molar-refractivity contribution in [2.75, 3.05) is 46.6 Å². The molecule has 42 heavy (non-hydrogen) atoms. The Balaban J connectivity index is 1.35. The van der Waals surface area contributed by atoms with Gasteiger partial charge in [-0.1, -0.05) is 42.5 Å². The number of anilines is 1. The van der Waals surface area contributed by atoms with Crippen LogP contribution < -0.4 is 15.8 Å². The van der Waals surface area contributed by atoms with Crippen molar-refractivity contribution < 1.29 is 14.3 Å². The number of methoxy groups -OCH3 is 1. The van der Waals surface area contributed by atoms with E-state index in [2.05, 4.69) is 15.3 Å². The molecule has 11 nitrogen and oxygen atoms in total. The van der Waals surface area contributed by atoms with Crippen LogP contribution in [0, 0.1) is 0 Å². The van der Waals surface area contributed by atoms with Gasteiger partial charge in [-0.15, -0.1) is 0 Å². The lowest BCUT2D eigenvalue weighted by Gasteiger charge is -2.32. The fourth-order valence-electron chi connectivity index (χ4n) is 5.17. The number of piperidine rings is 1. The van der Waals surface area contributed by atoms with Crippen LogP contribution in [0.3, 0.4) is 0 Å². The molecule has 1 atom stereocenters. The quantitative estimate of drug-likeness (QED) is 0.294. The number of nitrogens with two attached hydrogens (primary N) is 1. The lowest BCUT2D eigenvalue weighted by molar-refractivity contribution is -0.127. The highest BCUT2D eigenvalue weighted by Gasteiger charge is 2.28. The Morgan fingerprint density at radius 2 is 1.93 bits per heavy atom. The van der Waals surface area contributed by atoms with Crippen molar-refractivity contribution in [1.29, 1.82) is 0 Å². The summed E-state index contributed by atoms with van der Waals surface area (Å²) in [6, 6.07) is 14.9. The van der Waals surface area contributed by atoms with E-state index in [0.29, 0.717) is 60.0 Å². The maximum absolute atomic E-state index is 12.9. The first kappa shape index (κ1) is 28.7. The number of aromatic nitrogens is 4. The molecule has 0 aliphatic carbocycles. The first-order valence-electron chi connectivity index (χ1n) is 13.9. The molecule has 0 spiro atoms. The smallest absolute Gasteiger partial charge is 0.255 e.